The highest BCUT2D eigenvalue weighted by Gasteiger charge is 2.13. The lowest BCUT2D eigenvalue weighted by molar-refractivity contribution is 0.102. The number of carbonyl (C=O) groups excluding carboxylic acids is 1. The van der Waals surface area contributed by atoms with Gasteiger partial charge in [0.2, 0.25) is 0 Å². The number of ether oxygens (including phenoxy) is 1. The van der Waals surface area contributed by atoms with E-state index in [-0.39, 0.29) is 5.91 Å². The van der Waals surface area contributed by atoms with Crippen molar-refractivity contribution < 1.29 is 9.53 Å². The number of rotatable bonds is 4. The topological polar surface area (TPSA) is 38.3 Å². The van der Waals surface area contributed by atoms with Crippen molar-refractivity contribution in [2.24, 2.45) is 0 Å². The molecule has 0 heterocycles. The van der Waals surface area contributed by atoms with Crippen LogP contribution in [0.5, 0.6) is 5.75 Å². The van der Waals surface area contributed by atoms with Gasteiger partial charge in [0.1, 0.15) is 5.75 Å². The lowest BCUT2D eigenvalue weighted by Crippen LogP contribution is -2.13. The van der Waals surface area contributed by atoms with Gasteiger partial charge in [-0.05, 0) is 43.3 Å². The van der Waals surface area contributed by atoms with Crippen LogP contribution in [0.3, 0.4) is 0 Å². The molecular weight excluding hydrogens is 386 g/mol. The molecule has 0 bridgehead atoms. The van der Waals surface area contributed by atoms with Crippen molar-refractivity contribution in [3.63, 3.8) is 0 Å². The maximum absolute atomic E-state index is 12.3. The van der Waals surface area contributed by atoms with Gasteiger partial charge in [-0.2, -0.15) is 0 Å². The van der Waals surface area contributed by atoms with E-state index in [4.69, 9.17) is 4.74 Å². The molecule has 5 heteroatoms. The van der Waals surface area contributed by atoms with Gasteiger partial charge in [0.25, 0.3) is 5.91 Å². The average molecular weight is 399 g/mol. The molecule has 0 aromatic heterocycles. The van der Waals surface area contributed by atoms with Gasteiger partial charge in [0.05, 0.1) is 12.2 Å². The lowest BCUT2D eigenvalue weighted by Gasteiger charge is -2.11. The van der Waals surface area contributed by atoms with Crippen LogP contribution in [-0.4, -0.2) is 12.5 Å². The Morgan fingerprint density at radius 2 is 1.90 bits per heavy atom. The lowest BCUT2D eigenvalue weighted by atomic mass is 10.2. The number of benzene rings is 2. The maximum Gasteiger partial charge on any atom is 0.259 e. The SMILES string of the molecule is CCOc1ccc(Br)cc1C(=O)Nc1cccc(Br)c1. The quantitative estimate of drug-likeness (QED) is 0.798. The fourth-order valence-corrected chi connectivity index (χ4v) is 2.49. The number of hydrogen-bond donors (Lipinski definition) is 1. The number of nitrogens with one attached hydrogen (secondary N) is 1. The Morgan fingerprint density at radius 1 is 1.15 bits per heavy atom. The molecular formula is C15H13Br2NO2. The fourth-order valence-electron chi connectivity index (χ4n) is 1.73. The number of carbonyl (C=O) groups is 1. The van der Waals surface area contributed by atoms with E-state index in [1.54, 1.807) is 12.1 Å². The third-order valence-corrected chi connectivity index (χ3v) is 3.56. The van der Waals surface area contributed by atoms with Crippen LogP contribution in [0.15, 0.2) is 51.4 Å². The van der Waals surface area contributed by atoms with Gasteiger partial charge < -0.3 is 10.1 Å². The molecule has 0 spiro atoms. The molecule has 1 N–H and O–H groups in total. The zero-order chi connectivity index (χ0) is 14.5. The summed E-state index contributed by atoms with van der Waals surface area (Å²) in [6.45, 7) is 2.40. The summed E-state index contributed by atoms with van der Waals surface area (Å²) < 4.78 is 7.23. The van der Waals surface area contributed by atoms with Crippen molar-refractivity contribution in [3.05, 3.63) is 57.0 Å². The second kappa shape index (κ2) is 6.90. The van der Waals surface area contributed by atoms with Gasteiger partial charge in [0.15, 0.2) is 0 Å². The molecule has 0 radical (unpaired) electrons. The zero-order valence-corrected chi connectivity index (χ0v) is 14.0. The van der Waals surface area contributed by atoms with Gasteiger partial charge >= 0.3 is 0 Å². The van der Waals surface area contributed by atoms with Gasteiger partial charge in [-0.15, -0.1) is 0 Å². The second-order valence-electron chi connectivity index (χ2n) is 4.04. The first-order valence-electron chi connectivity index (χ1n) is 6.09. The summed E-state index contributed by atoms with van der Waals surface area (Å²) in [7, 11) is 0. The highest BCUT2D eigenvalue weighted by Crippen LogP contribution is 2.25. The molecule has 0 atom stereocenters. The van der Waals surface area contributed by atoms with Crippen LogP contribution in [-0.2, 0) is 0 Å². The summed E-state index contributed by atoms with van der Waals surface area (Å²) >= 11 is 6.75. The predicted octanol–water partition coefficient (Wildman–Crippen LogP) is 4.86. The van der Waals surface area contributed by atoms with Crippen LogP contribution in [0.4, 0.5) is 5.69 Å². The first-order chi connectivity index (χ1) is 9.60. The minimum Gasteiger partial charge on any atom is -0.493 e. The van der Waals surface area contributed by atoms with E-state index >= 15 is 0 Å². The molecule has 0 unspecified atom stereocenters. The minimum atomic E-state index is -0.201. The third-order valence-electron chi connectivity index (χ3n) is 2.57. The van der Waals surface area contributed by atoms with Gasteiger partial charge in [0, 0.05) is 14.6 Å². The number of hydrogen-bond acceptors (Lipinski definition) is 2. The Kier molecular flexibility index (Phi) is 5.20. The summed E-state index contributed by atoms with van der Waals surface area (Å²) in [5.74, 6) is 0.371. The molecule has 0 aliphatic carbocycles. The van der Waals surface area contributed by atoms with Crippen molar-refractivity contribution in [2.45, 2.75) is 6.92 Å². The van der Waals surface area contributed by atoms with Crippen LogP contribution >= 0.6 is 31.9 Å². The Morgan fingerprint density at radius 3 is 2.60 bits per heavy atom. The summed E-state index contributed by atoms with van der Waals surface area (Å²) in [6.07, 6.45) is 0. The smallest absolute Gasteiger partial charge is 0.259 e. The summed E-state index contributed by atoms with van der Waals surface area (Å²) in [5.41, 5.74) is 1.23. The largest absolute Gasteiger partial charge is 0.493 e. The third kappa shape index (κ3) is 3.84. The van der Waals surface area contributed by atoms with E-state index in [0.717, 1.165) is 14.6 Å². The van der Waals surface area contributed by atoms with Crippen molar-refractivity contribution in [2.75, 3.05) is 11.9 Å². The Hall–Kier alpha value is -1.33. The van der Waals surface area contributed by atoms with Gasteiger partial charge in [-0.25, -0.2) is 0 Å². The van der Waals surface area contributed by atoms with E-state index < -0.39 is 0 Å². The average Bonchev–Trinajstić information content (AvgIpc) is 2.41. The van der Waals surface area contributed by atoms with Crippen molar-refractivity contribution in [1.82, 2.24) is 0 Å². The summed E-state index contributed by atoms with van der Waals surface area (Å²) in [6, 6.07) is 12.8. The molecule has 2 rings (SSSR count). The second-order valence-corrected chi connectivity index (χ2v) is 5.87. The van der Waals surface area contributed by atoms with Crippen molar-refractivity contribution >= 4 is 43.5 Å². The van der Waals surface area contributed by atoms with Crippen LogP contribution in [0.25, 0.3) is 0 Å². The monoisotopic (exact) mass is 397 g/mol. The molecule has 0 aliphatic rings. The van der Waals surface area contributed by atoms with E-state index in [9.17, 15) is 4.79 Å². The highest BCUT2D eigenvalue weighted by atomic mass is 79.9. The van der Waals surface area contributed by atoms with Crippen LogP contribution < -0.4 is 10.1 Å². The van der Waals surface area contributed by atoms with Crippen LogP contribution in [0.2, 0.25) is 0 Å². The fraction of sp³-hybridized carbons (Fsp3) is 0.133. The van der Waals surface area contributed by atoms with E-state index in [2.05, 4.69) is 37.2 Å². The Labute approximate surface area is 134 Å². The molecule has 2 aromatic rings. The first-order valence-corrected chi connectivity index (χ1v) is 7.68. The maximum atomic E-state index is 12.3. The van der Waals surface area contributed by atoms with Gasteiger partial charge in [-0.1, -0.05) is 37.9 Å². The summed E-state index contributed by atoms with van der Waals surface area (Å²) in [4.78, 5) is 12.3. The number of amides is 1. The normalized spacial score (nSPS) is 10.2. The number of anilines is 1. The Balaban J connectivity index is 2.26. The predicted molar refractivity (Wildman–Crippen MR) is 87.4 cm³/mol. The molecule has 0 saturated carbocycles. The summed E-state index contributed by atoms with van der Waals surface area (Å²) in [5, 5.41) is 2.86. The molecule has 0 saturated heterocycles. The first kappa shape index (κ1) is 15.1. The number of halogens is 2. The molecule has 0 fully saturated rings. The molecule has 1 amide bonds. The van der Waals surface area contributed by atoms with Gasteiger partial charge in [-0.3, -0.25) is 4.79 Å². The zero-order valence-electron chi connectivity index (χ0n) is 10.8. The Bertz CT molecular complexity index is 629. The van der Waals surface area contributed by atoms with Crippen LogP contribution in [0.1, 0.15) is 17.3 Å². The standard InChI is InChI=1S/C15H13Br2NO2/c1-2-20-14-7-6-11(17)9-13(14)15(19)18-12-5-3-4-10(16)8-12/h3-9H,2H2,1H3,(H,18,19). The minimum absolute atomic E-state index is 0.201. The molecule has 3 nitrogen and oxygen atoms in total. The molecule has 0 aliphatic heterocycles. The highest BCUT2D eigenvalue weighted by molar-refractivity contribution is 9.10. The van der Waals surface area contributed by atoms with E-state index in [0.29, 0.717) is 17.9 Å². The van der Waals surface area contributed by atoms with E-state index in [1.807, 2.05) is 37.3 Å². The molecule has 20 heavy (non-hydrogen) atoms. The molecule has 2 aromatic carbocycles. The van der Waals surface area contributed by atoms with E-state index in [1.165, 1.54) is 0 Å². The van der Waals surface area contributed by atoms with Crippen LogP contribution in [0, 0.1) is 0 Å². The molecule has 104 valence electrons. The van der Waals surface area contributed by atoms with Crippen molar-refractivity contribution in [1.29, 1.82) is 0 Å². The van der Waals surface area contributed by atoms with Crippen molar-refractivity contribution in [3.8, 4) is 5.75 Å².